The molecule has 0 radical (unpaired) electrons. The molecule has 8 heteroatoms. The highest BCUT2D eigenvalue weighted by Gasteiger charge is 2.32. The summed E-state index contributed by atoms with van der Waals surface area (Å²) in [7, 11) is 0. The van der Waals surface area contributed by atoms with Gasteiger partial charge in [-0.2, -0.15) is 0 Å². The summed E-state index contributed by atoms with van der Waals surface area (Å²) in [6, 6.07) is 20.9. The first kappa shape index (κ1) is 25.6. The van der Waals surface area contributed by atoms with Crippen LogP contribution >= 0.6 is 0 Å². The van der Waals surface area contributed by atoms with Gasteiger partial charge in [0, 0.05) is 90.1 Å². The highest BCUT2D eigenvalue weighted by atomic mass is 16.3. The average molecular weight is 568 g/mol. The fraction of sp³-hybridized carbons (Fsp3) is 0.200. The van der Waals surface area contributed by atoms with E-state index in [4.69, 9.17) is 0 Å². The number of pyridine rings is 2. The van der Waals surface area contributed by atoms with Crippen LogP contribution in [-0.4, -0.2) is 41.1 Å². The topological polar surface area (TPSA) is 97.8 Å². The molecule has 0 atom stereocenters. The van der Waals surface area contributed by atoms with E-state index in [0.717, 1.165) is 64.0 Å². The summed E-state index contributed by atoms with van der Waals surface area (Å²) in [6.07, 6.45) is 9.71. The minimum absolute atomic E-state index is 0.00503. The molecule has 2 aromatic carbocycles. The molecule has 7 aromatic rings. The molecule has 0 unspecified atom stereocenters. The Morgan fingerprint density at radius 3 is 2.44 bits per heavy atom. The minimum atomic E-state index is -0.00503. The lowest BCUT2D eigenvalue weighted by Gasteiger charge is -2.40. The first-order valence-corrected chi connectivity index (χ1v) is 14.7. The predicted octanol–water partition coefficient (Wildman–Crippen LogP) is 6.99. The Kier molecular flexibility index (Phi) is 5.80. The third-order valence-corrected chi connectivity index (χ3v) is 8.86. The van der Waals surface area contributed by atoms with Crippen LogP contribution in [0.15, 0.2) is 91.6 Å². The van der Waals surface area contributed by atoms with Crippen LogP contribution in [0, 0.1) is 0 Å². The molecule has 0 amide bonds. The summed E-state index contributed by atoms with van der Waals surface area (Å²) in [5.74, 6) is 0.233. The highest BCUT2D eigenvalue weighted by Crippen LogP contribution is 2.39. The van der Waals surface area contributed by atoms with Crippen LogP contribution in [0.2, 0.25) is 0 Å². The number of rotatable bonds is 6. The van der Waals surface area contributed by atoms with Gasteiger partial charge in [-0.05, 0) is 64.7 Å². The number of nitrogens with zero attached hydrogens (tertiary/aromatic N) is 4. The number of aromatic amines is 2. The second-order valence-electron chi connectivity index (χ2n) is 12.2. The van der Waals surface area contributed by atoms with Crippen molar-refractivity contribution in [1.82, 2.24) is 29.4 Å². The molecule has 8 rings (SSSR count). The van der Waals surface area contributed by atoms with Crippen molar-refractivity contribution in [2.45, 2.75) is 38.9 Å². The van der Waals surface area contributed by atoms with Crippen molar-refractivity contribution in [2.75, 3.05) is 11.9 Å². The zero-order chi connectivity index (χ0) is 29.1. The number of anilines is 1. The molecule has 5 aromatic heterocycles. The molecule has 1 aliphatic rings. The zero-order valence-corrected chi connectivity index (χ0v) is 24.2. The fourth-order valence-electron chi connectivity index (χ4n) is 6.90. The number of fused-ring (bicyclic) bond motifs is 4. The maximum Gasteiger partial charge on any atom is 0.205 e. The summed E-state index contributed by atoms with van der Waals surface area (Å²) in [4.78, 5) is 17.9. The SMILES string of the molecule is CC1(C)CN(Cc2c[nH]c3ncccc23)Cc2cc(-n3cc4cccc(NCc5c[nH]c6ncccc56)c4c3O)ccc21. The van der Waals surface area contributed by atoms with Gasteiger partial charge in [-0.3, -0.25) is 9.47 Å². The quantitative estimate of drug-likeness (QED) is 0.174. The summed E-state index contributed by atoms with van der Waals surface area (Å²) in [5.41, 5.74) is 8.68. The van der Waals surface area contributed by atoms with Crippen LogP contribution in [0.3, 0.4) is 0 Å². The van der Waals surface area contributed by atoms with Crippen LogP contribution in [0.1, 0.15) is 36.1 Å². The monoisotopic (exact) mass is 567 g/mol. The lowest BCUT2D eigenvalue weighted by Crippen LogP contribution is -2.41. The van der Waals surface area contributed by atoms with Crippen LogP contribution in [0.5, 0.6) is 5.88 Å². The summed E-state index contributed by atoms with van der Waals surface area (Å²) < 4.78 is 1.91. The van der Waals surface area contributed by atoms with Gasteiger partial charge < -0.3 is 20.4 Å². The van der Waals surface area contributed by atoms with Crippen molar-refractivity contribution in [3.8, 4) is 11.6 Å². The van der Waals surface area contributed by atoms with Gasteiger partial charge in [-0.15, -0.1) is 0 Å². The van der Waals surface area contributed by atoms with Gasteiger partial charge in [0.2, 0.25) is 5.88 Å². The molecule has 0 fully saturated rings. The molecule has 1 aliphatic heterocycles. The lowest BCUT2D eigenvalue weighted by atomic mass is 9.78. The second-order valence-corrected chi connectivity index (χ2v) is 12.2. The molecule has 6 heterocycles. The van der Waals surface area contributed by atoms with E-state index < -0.39 is 0 Å². The van der Waals surface area contributed by atoms with Crippen molar-refractivity contribution in [1.29, 1.82) is 0 Å². The Morgan fingerprint density at radius 2 is 1.65 bits per heavy atom. The number of hydrogen-bond donors (Lipinski definition) is 4. The lowest BCUT2D eigenvalue weighted by molar-refractivity contribution is 0.187. The molecule has 43 heavy (non-hydrogen) atoms. The van der Waals surface area contributed by atoms with Crippen molar-refractivity contribution < 1.29 is 5.11 Å². The van der Waals surface area contributed by atoms with E-state index in [1.807, 2.05) is 53.5 Å². The third-order valence-electron chi connectivity index (χ3n) is 8.86. The fourth-order valence-corrected chi connectivity index (χ4v) is 6.90. The number of aromatic hydroxyl groups is 1. The molecule has 0 aliphatic carbocycles. The van der Waals surface area contributed by atoms with Crippen molar-refractivity contribution >= 4 is 38.5 Å². The Labute approximate surface area is 249 Å². The normalized spacial score (nSPS) is 14.9. The Morgan fingerprint density at radius 1 is 0.907 bits per heavy atom. The molecule has 4 N–H and O–H groups in total. The van der Waals surface area contributed by atoms with E-state index in [-0.39, 0.29) is 11.3 Å². The van der Waals surface area contributed by atoms with Gasteiger partial charge in [0.05, 0.1) is 5.39 Å². The van der Waals surface area contributed by atoms with Crippen LogP contribution < -0.4 is 5.32 Å². The van der Waals surface area contributed by atoms with Gasteiger partial charge in [0.25, 0.3) is 0 Å². The highest BCUT2D eigenvalue weighted by molar-refractivity contribution is 5.99. The van der Waals surface area contributed by atoms with E-state index in [2.05, 4.69) is 80.5 Å². The molecule has 8 nitrogen and oxygen atoms in total. The smallest absolute Gasteiger partial charge is 0.205 e. The van der Waals surface area contributed by atoms with Gasteiger partial charge in [-0.1, -0.05) is 32.0 Å². The Hall–Kier alpha value is -5.08. The molecule has 0 spiro atoms. The summed E-state index contributed by atoms with van der Waals surface area (Å²) >= 11 is 0. The maximum absolute atomic E-state index is 11.6. The van der Waals surface area contributed by atoms with Crippen molar-refractivity contribution in [3.63, 3.8) is 0 Å². The van der Waals surface area contributed by atoms with Gasteiger partial charge in [0.15, 0.2) is 0 Å². The van der Waals surface area contributed by atoms with E-state index >= 15 is 0 Å². The minimum Gasteiger partial charge on any atom is -0.494 e. The second kappa shape index (κ2) is 9.74. The Bertz CT molecular complexity index is 2130. The van der Waals surface area contributed by atoms with Gasteiger partial charge in [-0.25, -0.2) is 9.97 Å². The third kappa shape index (κ3) is 4.33. The first-order chi connectivity index (χ1) is 20.9. The largest absolute Gasteiger partial charge is 0.494 e. The molecule has 0 bridgehead atoms. The predicted molar refractivity (Wildman–Crippen MR) is 172 cm³/mol. The van der Waals surface area contributed by atoms with Crippen LogP contribution in [0.25, 0.3) is 38.5 Å². The number of aromatic nitrogens is 5. The molecular weight excluding hydrogens is 534 g/mol. The number of H-pyrrole nitrogens is 2. The van der Waals surface area contributed by atoms with E-state index in [1.54, 1.807) is 6.20 Å². The van der Waals surface area contributed by atoms with Crippen molar-refractivity contribution in [3.05, 3.63) is 114 Å². The van der Waals surface area contributed by atoms with E-state index in [1.165, 1.54) is 22.1 Å². The van der Waals surface area contributed by atoms with Gasteiger partial charge >= 0.3 is 0 Å². The standard InChI is InChI=1S/C35H33N7O/c1-35(2)21-41(19-25-17-40-33-28(25)8-5-13-37-33)18-23-14-26(10-11-29(23)35)42-20-22-6-3-9-30(31(22)34(42)43)38-15-24-16-39-32-27(24)7-4-12-36-32/h3-14,16-17,20,38,43H,15,18-19,21H2,1-2H3,(H,36,39)(H,37,40). The van der Waals surface area contributed by atoms with Gasteiger partial charge in [0.1, 0.15) is 11.3 Å². The number of hydrogen-bond acceptors (Lipinski definition) is 5. The molecule has 0 saturated heterocycles. The van der Waals surface area contributed by atoms with Crippen LogP contribution in [0.4, 0.5) is 5.69 Å². The number of benzene rings is 2. The number of nitrogens with one attached hydrogen (secondary N) is 3. The van der Waals surface area contributed by atoms with E-state index in [0.29, 0.717) is 6.54 Å². The summed E-state index contributed by atoms with van der Waals surface area (Å²) in [5, 5.41) is 19.2. The zero-order valence-electron chi connectivity index (χ0n) is 24.2. The average Bonchev–Trinajstić information content (AvgIpc) is 3.71. The molecular formula is C35H33N7O. The Balaban J connectivity index is 1.10. The van der Waals surface area contributed by atoms with Crippen molar-refractivity contribution in [2.24, 2.45) is 0 Å². The molecule has 214 valence electrons. The first-order valence-electron chi connectivity index (χ1n) is 14.7. The van der Waals surface area contributed by atoms with E-state index in [9.17, 15) is 5.11 Å². The maximum atomic E-state index is 11.6. The van der Waals surface area contributed by atoms with Crippen LogP contribution in [-0.2, 0) is 25.0 Å². The molecule has 0 saturated carbocycles. The summed E-state index contributed by atoms with van der Waals surface area (Å²) in [6.45, 7) is 7.90.